The van der Waals surface area contributed by atoms with Crippen molar-refractivity contribution in [2.24, 2.45) is 17.1 Å². The third-order valence-corrected chi connectivity index (χ3v) is 3.49. The minimum absolute atomic E-state index is 0.00260. The highest BCUT2D eigenvalue weighted by molar-refractivity contribution is 5.89. The summed E-state index contributed by atoms with van der Waals surface area (Å²) in [5, 5.41) is 11.9. The van der Waals surface area contributed by atoms with Crippen LogP contribution in [0.3, 0.4) is 0 Å². The number of carbonyl (C=O) groups excluding carboxylic acids is 1. The average Bonchev–Trinajstić information content (AvgIpc) is 2.17. The largest absolute Gasteiger partial charge is 0.480 e. The zero-order chi connectivity index (χ0) is 14.0. The lowest BCUT2D eigenvalue weighted by molar-refractivity contribution is -0.152. The predicted molar refractivity (Wildman–Crippen MR) is 69.0 cm³/mol. The van der Waals surface area contributed by atoms with Crippen LogP contribution in [0.5, 0.6) is 0 Å². The SMILES string of the molecule is CC(C)(C)CC(CN)C(=O)NC1(C(=O)O)CCC1. The van der Waals surface area contributed by atoms with Gasteiger partial charge in [-0.2, -0.15) is 0 Å². The van der Waals surface area contributed by atoms with Crippen molar-refractivity contribution in [1.29, 1.82) is 0 Å². The fourth-order valence-electron chi connectivity index (χ4n) is 2.28. The van der Waals surface area contributed by atoms with Gasteiger partial charge in [0.1, 0.15) is 5.54 Å². The molecule has 0 saturated heterocycles. The van der Waals surface area contributed by atoms with Gasteiger partial charge in [-0.1, -0.05) is 20.8 Å². The first kappa shape index (κ1) is 15.0. The molecular formula is C13H24N2O3. The maximum atomic E-state index is 12.1. The van der Waals surface area contributed by atoms with E-state index in [0.29, 0.717) is 19.3 Å². The quantitative estimate of drug-likeness (QED) is 0.687. The second-order valence-corrected chi connectivity index (χ2v) is 6.43. The van der Waals surface area contributed by atoms with Gasteiger partial charge in [-0.3, -0.25) is 4.79 Å². The lowest BCUT2D eigenvalue weighted by Crippen LogP contribution is -2.60. The second kappa shape index (κ2) is 5.26. The number of nitrogens with two attached hydrogens (primary N) is 1. The highest BCUT2D eigenvalue weighted by Crippen LogP contribution is 2.33. The number of carboxylic acids is 1. The van der Waals surface area contributed by atoms with Crippen molar-refractivity contribution >= 4 is 11.9 Å². The molecule has 104 valence electrons. The summed E-state index contributed by atoms with van der Waals surface area (Å²) in [7, 11) is 0. The molecule has 1 fully saturated rings. The molecule has 1 rings (SSSR count). The molecule has 1 saturated carbocycles. The molecule has 1 unspecified atom stereocenters. The molecule has 1 atom stereocenters. The van der Waals surface area contributed by atoms with Crippen LogP contribution in [-0.2, 0) is 9.59 Å². The van der Waals surface area contributed by atoms with Gasteiger partial charge < -0.3 is 16.2 Å². The van der Waals surface area contributed by atoms with Gasteiger partial charge >= 0.3 is 5.97 Å². The van der Waals surface area contributed by atoms with E-state index in [9.17, 15) is 14.7 Å². The van der Waals surface area contributed by atoms with Crippen molar-refractivity contribution in [2.45, 2.75) is 52.0 Å². The molecule has 4 N–H and O–H groups in total. The summed E-state index contributed by atoms with van der Waals surface area (Å²) in [5.74, 6) is -1.48. The molecule has 0 spiro atoms. The van der Waals surface area contributed by atoms with Crippen LogP contribution in [0.15, 0.2) is 0 Å². The Bertz CT molecular complexity index is 330. The summed E-state index contributed by atoms with van der Waals surface area (Å²) in [5.41, 5.74) is 4.59. The number of hydrogen-bond donors (Lipinski definition) is 3. The van der Waals surface area contributed by atoms with Crippen LogP contribution in [0.25, 0.3) is 0 Å². The molecule has 0 aromatic heterocycles. The molecule has 5 nitrogen and oxygen atoms in total. The Kier molecular flexibility index (Phi) is 4.37. The lowest BCUT2D eigenvalue weighted by atomic mass is 9.76. The summed E-state index contributed by atoms with van der Waals surface area (Å²) >= 11 is 0. The molecule has 1 amide bonds. The zero-order valence-corrected chi connectivity index (χ0v) is 11.5. The zero-order valence-electron chi connectivity index (χ0n) is 11.5. The maximum Gasteiger partial charge on any atom is 0.329 e. The van der Waals surface area contributed by atoms with Crippen LogP contribution < -0.4 is 11.1 Å². The smallest absolute Gasteiger partial charge is 0.329 e. The summed E-state index contributed by atoms with van der Waals surface area (Å²) in [6, 6.07) is 0. The van der Waals surface area contributed by atoms with E-state index in [2.05, 4.69) is 5.32 Å². The van der Waals surface area contributed by atoms with Gasteiger partial charge in [-0.25, -0.2) is 4.79 Å². The number of carbonyl (C=O) groups is 2. The molecule has 0 bridgehead atoms. The first-order chi connectivity index (χ1) is 8.20. The summed E-state index contributed by atoms with van der Waals surface area (Å²) in [6.07, 6.45) is 2.53. The fraction of sp³-hybridized carbons (Fsp3) is 0.846. The van der Waals surface area contributed by atoms with Gasteiger partial charge in [-0.15, -0.1) is 0 Å². The Morgan fingerprint density at radius 3 is 2.22 bits per heavy atom. The van der Waals surface area contributed by atoms with Gasteiger partial charge in [0.25, 0.3) is 0 Å². The molecule has 5 heteroatoms. The number of nitrogens with one attached hydrogen (secondary N) is 1. The van der Waals surface area contributed by atoms with Crippen LogP contribution in [0.1, 0.15) is 46.5 Å². The summed E-state index contributed by atoms with van der Waals surface area (Å²) < 4.78 is 0. The van der Waals surface area contributed by atoms with E-state index in [-0.39, 0.29) is 23.8 Å². The number of carboxylic acid groups (broad SMARTS) is 1. The molecular weight excluding hydrogens is 232 g/mol. The second-order valence-electron chi connectivity index (χ2n) is 6.43. The number of aliphatic carboxylic acids is 1. The normalized spacial score (nSPS) is 19.8. The van der Waals surface area contributed by atoms with E-state index in [4.69, 9.17) is 5.73 Å². The minimum atomic E-state index is -1.04. The maximum absolute atomic E-state index is 12.1. The molecule has 1 aliphatic carbocycles. The molecule has 0 radical (unpaired) electrons. The van der Waals surface area contributed by atoms with E-state index in [0.717, 1.165) is 6.42 Å². The number of amides is 1. The first-order valence-corrected chi connectivity index (χ1v) is 6.46. The number of rotatable bonds is 5. The number of hydrogen-bond acceptors (Lipinski definition) is 3. The van der Waals surface area contributed by atoms with Crippen LogP contribution >= 0.6 is 0 Å². The highest BCUT2D eigenvalue weighted by atomic mass is 16.4. The lowest BCUT2D eigenvalue weighted by Gasteiger charge is -2.39. The van der Waals surface area contributed by atoms with Crippen molar-refractivity contribution in [3.05, 3.63) is 0 Å². The molecule has 18 heavy (non-hydrogen) atoms. The first-order valence-electron chi connectivity index (χ1n) is 6.46. The minimum Gasteiger partial charge on any atom is -0.480 e. The molecule has 0 aliphatic heterocycles. The van der Waals surface area contributed by atoms with E-state index in [1.165, 1.54) is 0 Å². The van der Waals surface area contributed by atoms with Crippen molar-refractivity contribution in [1.82, 2.24) is 5.32 Å². The third kappa shape index (κ3) is 3.45. The van der Waals surface area contributed by atoms with Crippen LogP contribution in [0, 0.1) is 11.3 Å². The molecule has 0 aromatic carbocycles. The Morgan fingerprint density at radius 2 is 1.94 bits per heavy atom. The van der Waals surface area contributed by atoms with Crippen molar-refractivity contribution in [3.8, 4) is 0 Å². The topological polar surface area (TPSA) is 92.4 Å². The van der Waals surface area contributed by atoms with Crippen LogP contribution in [-0.4, -0.2) is 29.1 Å². The van der Waals surface area contributed by atoms with E-state index in [1.807, 2.05) is 20.8 Å². The van der Waals surface area contributed by atoms with Gasteiger partial charge in [0.15, 0.2) is 0 Å². The predicted octanol–water partition coefficient (Wildman–Crippen LogP) is 1.12. The third-order valence-electron chi connectivity index (χ3n) is 3.49. The highest BCUT2D eigenvalue weighted by Gasteiger charge is 2.46. The van der Waals surface area contributed by atoms with Gasteiger partial charge in [0.05, 0.1) is 5.92 Å². The Morgan fingerprint density at radius 1 is 1.39 bits per heavy atom. The Balaban J connectivity index is 2.65. The fourth-order valence-corrected chi connectivity index (χ4v) is 2.28. The van der Waals surface area contributed by atoms with Gasteiger partial charge in [0.2, 0.25) is 5.91 Å². The van der Waals surface area contributed by atoms with Crippen molar-refractivity contribution in [3.63, 3.8) is 0 Å². The Labute approximate surface area is 108 Å². The van der Waals surface area contributed by atoms with Gasteiger partial charge in [-0.05, 0) is 31.1 Å². The van der Waals surface area contributed by atoms with Crippen molar-refractivity contribution in [2.75, 3.05) is 6.54 Å². The molecule has 0 heterocycles. The average molecular weight is 256 g/mol. The van der Waals surface area contributed by atoms with E-state index < -0.39 is 11.5 Å². The van der Waals surface area contributed by atoms with Crippen LogP contribution in [0.2, 0.25) is 0 Å². The van der Waals surface area contributed by atoms with E-state index in [1.54, 1.807) is 0 Å². The molecule has 1 aliphatic rings. The monoisotopic (exact) mass is 256 g/mol. The summed E-state index contributed by atoms with van der Waals surface area (Å²) in [4.78, 5) is 23.3. The summed E-state index contributed by atoms with van der Waals surface area (Å²) in [6.45, 7) is 6.37. The van der Waals surface area contributed by atoms with Crippen molar-refractivity contribution < 1.29 is 14.7 Å². The Hall–Kier alpha value is -1.10. The molecule has 0 aromatic rings. The van der Waals surface area contributed by atoms with E-state index >= 15 is 0 Å². The standard InChI is InChI=1S/C13H24N2O3/c1-12(2,3)7-9(8-14)10(16)15-13(11(17)18)5-4-6-13/h9H,4-8,14H2,1-3H3,(H,15,16)(H,17,18). The van der Waals surface area contributed by atoms with Gasteiger partial charge in [0, 0.05) is 6.54 Å². The van der Waals surface area contributed by atoms with Crippen LogP contribution in [0.4, 0.5) is 0 Å².